The van der Waals surface area contributed by atoms with E-state index in [-0.39, 0.29) is 23.7 Å². The molecule has 38 heavy (non-hydrogen) atoms. The number of halogens is 3. The number of ether oxygens (including phenoxy) is 2. The van der Waals surface area contributed by atoms with E-state index in [4.69, 9.17) is 32.7 Å². The molecule has 3 aromatic rings. The van der Waals surface area contributed by atoms with Crippen LogP contribution >= 0.6 is 57.6 Å². The van der Waals surface area contributed by atoms with Gasteiger partial charge in [0.1, 0.15) is 6.61 Å². The van der Waals surface area contributed by atoms with Gasteiger partial charge in [0.15, 0.2) is 11.5 Å². The molecule has 1 aliphatic heterocycles. The molecule has 0 aliphatic carbocycles. The molecule has 4 rings (SSSR count). The van der Waals surface area contributed by atoms with E-state index in [1.807, 2.05) is 13.0 Å². The van der Waals surface area contributed by atoms with Crippen LogP contribution in [0.25, 0.3) is 6.08 Å². The van der Waals surface area contributed by atoms with Crippen molar-refractivity contribution in [1.29, 1.82) is 0 Å². The summed E-state index contributed by atoms with van der Waals surface area (Å²) in [5, 5.41) is 11.2. The third-order valence-electron chi connectivity index (χ3n) is 5.41. The fourth-order valence-electron chi connectivity index (χ4n) is 3.57. The molecule has 0 radical (unpaired) electrons. The lowest BCUT2D eigenvalue weighted by molar-refractivity contribution is -0.384. The summed E-state index contributed by atoms with van der Waals surface area (Å²) in [6.45, 7) is 2.36. The van der Waals surface area contributed by atoms with E-state index in [1.54, 1.807) is 42.5 Å². The molecule has 0 bridgehead atoms. The first kappa shape index (κ1) is 28.2. The van der Waals surface area contributed by atoms with Gasteiger partial charge in [-0.1, -0.05) is 29.3 Å². The predicted octanol–water partition coefficient (Wildman–Crippen LogP) is 7.72. The van der Waals surface area contributed by atoms with Crippen molar-refractivity contribution in [3.8, 4) is 11.5 Å². The average molecular weight is 685 g/mol. The van der Waals surface area contributed by atoms with Gasteiger partial charge in [-0.2, -0.15) is 0 Å². The van der Waals surface area contributed by atoms with Crippen LogP contribution in [-0.4, -0.2) is 27.6 Å². The molecule has 0 N–H and O–H groups in total. The number of nitrogens with zero attached hydrogens (tertiary/aromatic N) is 2. The van der Waals surface area contributed by atoms with Crippen LogP contribution in [0.4, 0.5) is 10.5 Å². The molecule has 12 heteroatoms. The summed E-state index contributed by atoms with van der Waals surface area (Å²) in [5.74, 6) is 0.529. The Morgan fingerprint density at radius 1 is 1.08 bits per heavy atom. The number of benzene rings is 3. The maximum absolute atomic E-state index is 13.1. The number of imide groups is 1. The molecule has 2 amide bonds. The van der Waals surface area contributed by atoms with Gasteiger partial charge in [0, 0.05) is 27.7 Å². The number of hydrogen-bond donors (Lipinski definition) is 0. The van der Waals surface area contributed by atoms with Gasteiger partial charge >= 0.3 is 0 Å². The van der Waals surface area contributed by atoms with E-state index in [2.05, 4.69) is 22.6 Å². The van der Waals surface area contributed by atoms with Crippen molar-refractivity contribution in [3.63, 3.8) is 0 Å². The van der Waals surface area contributed by atoms with E-state index in [9.17, 15) is 19.7 Å². The first-order valence-corrected chi connectivity index (χ1v) is 13.8. The van der Waals surface area contributed by atoms with Crippen LogP contribution < -0.4 is 9.47 Å². The Balaban J connectivity index is 1.55. The summed E-state index contributed by atoms with van der Waals surface area (Å²) in [7, 11) is 0. The minimum Gasteiger partial charge on any atom is -0.490 e. The number of nitro groups is 1. The van der Waals surface area contributed by atoms with E-state index < -0.39 is 16.1 Å². The Morgan fingerprint density at radius 2 is 1.76 bits per heavy atom. The number of thioether (sulfide) groups is 1. The number of non-ortho nitro benzene ring substituents is 1. The number of rotatable bonds is 9. The van der Waals surface area contributed by atoms with E-state index in [1.165, 1.54) is 12.1 Å². The largest absolute Gasteiger partial charge is 0.490 e. The lowest BCUT2D eigenvalue weighted by atomic mass is 10.1. The molecule has 196 valence electrons. The molecule has 0 atom stereocenters. The second kappa shape index (κ2) is 12.4. The molecule has 1 saturated heterocycles. The van der Waals surface area contributed by atoms with Gasteiger partial charge < -0.3 is 9.47 Å². The molecule has 0 aromatic heterocycles. The van der Waals surface area contributed by atoms with Gasteiger partial charge in [-0.05, 0) is 94.9 Å². The maximum Gasteiger partial charge on any atom is 0.293 e. The van der Waals surface area contributed by atoms with Crippen molar-refractivity contribution < 1.29 is 24.0 Å². The molecule has 1 aliphatic rings. The Morgan fingerprint density at radius 3 is 2.39 bits per heavy atom. The fourth-order valence-corrected chi connectivity index (χ4v) is 5.71. The first-order chi connectivity index (χ1) is 18.2. The van der Waals surface area contributed by atoms with Crippen LogP contribution in [0, 0.1) is 13.7 Å². The highest BCUT2D eigenvalue weighted by Crippen LogP contribution is 2.39. The number of amides is 2. The zero-order chi connectivity index (χ0) is 27.4. The second-order valence-electron chi connectivity index (χ2n) is 7.94. The van der Waals surface area contributed by atoms with Gasteiger partial charge in [-0.3, -0.25) is 24.6 Å². The number of hydrogen-bond acceptors (Lipinski definition) is 7. The molecule has 1 heterocycles. The van der Waals surface area contributed by atoms with E-state index >= 15 is 0 Å². The Kier molecular flexibility index (Phi) is 9.19. The summed E-state index contributed by atoms with van der Waals surface area (Å²) >= 11 is 15.4. The van der Waals surface area contributed by atoms with Crippen LogP contribution in [0.1, 0.15) is 23.6 Å². The zero-order valence-electron chi connectivity index (χ0n) is 19.8. The minimum atomic E-state index is -0.458. The number of carbonyl (C=O) groups excluding carboxylic acids is 2. The van der Waals surface area contributed by atoms with Crippen molar-refractivity contribution in [2.45, 2.75) is 20.1 Å². The van der Waals surface area contributed by atoms with Crippen LogP contribution in [-0.2, 0) is 17.9 Å². The Labute approximate surface area is 246 Å². The molecule has 0 saturated carbocycles. The molecule has 0 spiro atoms. The fraction of sp³-hybridized carbons (Fsp3) is 0.154. The van der Waals surface area contributed by atoms with Crippen LogP contribution in [0.5, 0.6) is 11.5 Å². The summed E-state index contributed by atoms with van der Waals surface area (Å²) in [5.41, 5.74) is 1.91. The Hall–Kier alpha value is -2.80. The highest BCUT2D eigenvalue weighted by atomic mass is 127. The van der Waals surface area contributed by atoms with Crippen molar-refractivity contribution in [3.05, 3.63) is 99.9 Å². The van der Waals surface area contributed by atoms with E-state index in [0.29, 0.717) is 39.3 Å². The van der Waals surface area contributed by atoms with Gasteiger partial charge in [0.05, 0.1) is 26.6 Å². The van der Waals surface area contributed by atoms with Gasteiger partial charge in [0.25, 0.3) is 16.8 Å². The first-order valence-electron chi connectivity index (χ1n) is 11.2. The normalized spacial score (nSPS) is 14.3. The average Bonchev–Trinajstić information content (AvgIpc) is 3.13. The summed E-state index contributed by atoms with van der Waals surface area (Å²) in [6.07, 6.45) is 1.63. The third kappa shape index (κ3) is 6.42. The quantitative estimate of drug-likeness (QED) is 0.0985. The van der Waals surface area contributed by atoms with Gasteiger partial charge in [-0.15, -0.1) is 0 Å². The van der Waals surface area contributed by atoms with Crippen molar-refractivity contribution in [2.24, 2.45) is 0 Å². The highest BCUT2D eigenvalue weighted by Gasteiger charge is 2.35. The molecule has 8 nitrogen and oxygen atoms in total. The van der Waals surface area contributed by atoms with Crippen LogP contribution in [0.15, 0.2) is 59.5 Å². The highest BCUT2D eigenvalue weighted by molar-refractivity contribution is 14.1. The standard InChI is InChI=1S/C26H19Cl2IN2O6S/c1-2-36-22-11-16(10-21(29)24(22)37-14-15-6-8-17(9-7-15)31(34)35)12-23-25(32)30(26(33)38-23)13-18-19(27)4-3-5-20(18)28/h3-12H,2,13-14H2,1H3/b23-12-. The van der Waals surface area contributed by atoms with E-state index in [0.717, 1.165) is 25.8 Å². The summed E-state index contributed by atoms with van der Waals surface area (Å²) in [4.78, 5) is 37.5. The van der Waals surface area contributed by atoms with Crippen molar-refractivity contribution >= 4 is 80.5 Å². The summed E-state index contributed by atoms with van der Waals surface area (Å²) < 4.78 is 12.5. The minimum absolute atomic E-state index is 0.00191. The molecule has 3 aromatic carbocycles. The molecule has 0 unspecified atom stereocenters. The Bertz CT molecular complexity index is 1430. The predicted molar refractivity (Wildman–Crippen MR) is 156 cm³/mol. The van der Waals surface area contributed by atoms with Gasteiger partial charge in [0.2, 0.25) is 0 Å². The molecular formula is C26H19Cl2IN2O6S. The lowest BCUT2D eigenvalue weighted by Crippen LogP contribution is -2.27. The number of carbonyl (C=O) groups is 2. The zero-order valence-corrected chi connectivity index (χ0v) is 24.3. The summed E-state index contributed by atoms with van der Waals surface area (Å²) in [6, 6.07) is 14.6. The SMILES string of the molecule is CCOc1cc(/C=C2\SC(=O)N(Cc3c(Cl)cccc3Cl)C2=O)cc(I)c1OCc1ccc([N+](=O)[O-])cc1. The number of nitro benzene ring substituents is 1. The van der Waals surface area contributed by atoms with Crippen molar-refractivity contribution in [2.75, 3.05) is 6.61 Å². The monoisotopic (exact) mass is 684 g/mol. The molecule has 1 fully saturated rings. The third-order valence-corrected chi connectivity index (χ3v) is 7.83. The topological polar surface area (TPSA) is 99.0 Å². The van der Waals surface area contributed by atoms with Crippen LogP contribution in [0.2, 0.25) is 10.0 Å². The second-order valence-corrected chi connectivity index (χ2v) is 10.9. The van der Waals surface area contributed by atoms with Crippen molar-refractivity contribution in [1.82, 2.24) is 4.90 Å². The molecular weight excluding hydrogens is 666 g/mol. The lowest BCUT2D eigenvalue weighted by Gasteiger charge is -2.15. The smallest absolute Gasteiger partial charge is 0.293 e. The van der Waals surface area contributed by atoms with Crippen LogP contribution in [0.3, 0.4) is 0 Å². The van der Waals surface area contributed by atoms with Gasteiger partial charge in [-0.25, -0.2) is 0 Å². The maximum atomic E-state index is 13.1.